The number of methoxy groups -OCH3 is 1. The summed E-state index contributed by atoms with van der Waals surface area (Å²) in [5.41, 5.74) is 0. The Morgan fingerprint density at radius 3 is 2.77 bits per heavy atom. The Hall–Kier alpha value is -0.120. The number of hydrogen-bond acceptors (Lipinski definition) is 3. The molecule has 0 aromatic rings. The second-order valence-electron chi connectivity index (χ2n) is 4.19. The number of aliphatic hydroxyl groups is 1. The highest BCUT2D eigenvalue weighted by Crippen LogP contribution is 2.23. The normalized spacial score (nSPS) is 30.2. The van der Waals surface area contributed by atoms with Crippen LogP contribution < -0.4 is 0 Å². The zero-order chi connectivity index (χ0) is 9.84. The third-order valence-corrected chi connectivity index (χ3v) is 2.78. The van der Waals surface area contributed by atoms with E-state index in [0.29, 0.717) is 12.0 Å². The molecule has 3 heteroatoms. The first-order chi connectivity index (χ1) is 6.15. The highest BCUT2D eigenvalue weighted by molar-refractivity contribution is 4.86. The van der Waals surface area contributed by atoms with Crippen LogP contribution in [0.15, 0.2) is 0 Å². The molecule has 0 bridgehead atoms. The summed E-state index contributed by atoms with van der Waals surface area (Å²) in [6.07, 6.45) is 0.783. The molecule has 1 rings (SSSR count). The zero-order valence-corrected chi connectivity index (χ0v) is 8.86. The molecule has 1 fully saturated rings. The summed E-state index contributed by atoms with van der Waals surface area (Å²) in [6, 6.07) is 0.533. The van der Waals surface area contributed by atoms with Crippen molar-refractivity contribution >= 4 is 0 Å². The van der Waals surface area contributed by atoms with E-state index >= 15 is 0 Å². The number of aliphatic hydroxyl groups excluding tert-OH is 1. The third-order valence-electron chi connectivity index (χ3n) is 2.78. The molecular formula is C10H21NO2. The van der Waals surface area contributed by atoms with Crippen LogP contribution in [-0.2, 0) is 4.74 Å². The van der Waals surface area contributed by atoms with Gasteiger partial charge in [0.2, 0.25) is 0 Å². The van der Waals surface area contributed by atoms with Crippen LogP contribution in [0.3, 0.4) is 0 Å². The van der Waals surface area contributed by atoms with E-state index in [0.717, 1.165) is 26.1 Å². The Balaban J connectivity index is 2.41. The van der Waals surface area contributed by atoms with Gasteiger partial charge in [0.05, 0.1) is 12.7 Å². The molecule has 78 valence electrons. The molecule has 0 amide bonds. The summed E-state index contributed by atoms with van der Waals surface area (Å²) >= 11 is 0. The Bertz CT molecular complexity index is 150. The minimum Gasteiger partial charge on any atom is -0.392 e. The van der Waals surface area contributed by atoms with Crippen LogP contribution in [0.1, 0.15) is 20.3 Å². The molecule has 1 aliphatic rings. The van der Waals surface area contributed by atoms with Gasteiger partial charge in [-0.2, -0.15) is 0 Å². The highest BCUT2D eigenvalue weighted by atomic mass is 16.5. The quantitative estimate of drug-likeness (QED) is 0.704. The molecule has 0 aromatic heterocycles. The molecule has 1 saturated heterocycles. The minimum absolute atomic E-state index is 0.135. The lowest BCUT2D eigenvalue weighted by molar-refractivity contribution is 0.120. The van der Waals surface area contributed by atoms with Crippen molar-refractivity contribution in [2.45, 2.75) is 32.4 Å². The minimum atomic E-state index is -0.135. The van der Waals surface area contributed by atoms with Crippen molar-refractivity contribution in [1.82, 2.24) is 4.90 Å². The van der Waals surface area contributed by atoms with E-state index in [2.05, 4.69) is 18.7 Å². The van der Waals surface area contributed by atoms with Crippen LogP contribution in [0.5, 0.6) is 0 Å². The largest absolute Gasteiger partial charge is 0.392 e. The first-order valence-electron chi connectivity index (χ1n) is 5.06. The highest BCUT2D eigenvalue weighted by Gasteiger charge is 2.32. The topological polar surface area (TPSA) is 32.7 Å². The molecule has 0 spiro atoms. The van der Waals surface area contributed by atoms with Crippen molar-refractivity contribution in [3.63, 3.8) is 0 Å². The van der Waals surface area contributed by atoms with Crippen LogP contribution in [0.25, 0.3) is 0 Å². The maximum absolute atomic E-state index is 9.54. The predicted octanol–water partition coefficient (Wildman–Crippen LogP) is 0.724. The molecule has 0 saturated carbocycles. The molecule has 1 aliphatic heterocycles. The van der Waals surface area contributed by atoms with E-state index in [1.165, 1.54) is 0 Å². The standard InChI is InChI=1S/C10H21NO2/c1-8(2)10-6-9(12)7-11(10)4-5-13-3/h8-10,12H,4-7H2,1-3H3/t9-,10+/m1/s1. The monoisotopic (exact) mass is 187 g/mol. The number of hydrogen-bond donors (Lipinski definition) is 1. The number of nitrogens with zero attached hydrogens (tertiary/aromatic N) is 1. The van der Waals surface area contributed by atoms with Crippen LogP contribution >= 0.6 is 0 Å². The summed E-state index contributed by atoms with van der Waals surface area (Å²) in [5, 5.41) is 9.54. The van der Waals surface area contributed by atoms with Crippen molar-refractivity contribution in [2.24, 2.45) is 5.92 Å². The molecule has 2 atom stereocenters. The molecule has 0 aliphatic carbocycles. The molecular weight excluding hydrogens is 166 g/mol. The van der Waals surface area contributed by atoms with Crippen LogP contribution in [0, 0.1) is 5.92 Å². The maximum Gasteiger partial charge on any atom is 0.0682 e. The second-order valence-corrected chi connectivity index (χ2v) is 4.19. The van der Waals surface area contributed by atoms with Gasteiger partial charge in [-0.05, 0) is 12.3 Å². The Morgan fingerprint density at radius 2 is 2.23 bits per heavy atom. The maximum atomic E-state index is 9.54. The van der Waals surface area contributed by atoms with Gasteiger partial charge in [0.25, 0.3) is 0 Å². The van der Waals surface area contributed by atoms with Gasteiger partial charge in [-0.3, -0.25) is 4.90 Å². The Kier molecular flexibility index (Phi) is 4.16. The number of ether oxygens (including phenoxy) is 1. The van der Waals surface area contributed by atoms with Crippen molar-refractivity contribution in [3.05, 3.63) is 0 Å². The average Bonchev–Trinajstić information content (AvgIpc) is 2.43. The fourth-order valence-corrected chi connectivity index (χ4v) is 2.07. The number of β-amino-alcohol motifs (C(OH)–C–C–N with tert-alkyl or cyclic N) is 1. The summed E-state index contributed by atoms with van der Waals surface area (Å²) < 4.78 is 5.04. The van der Waals surface area contributed by atoms with Gasteiger partial charge in [-0.1, -0.05) is 13.8 Å². The molecule has 1 heterocycles. The first kappa shape index (κ1) is 11.0. The van der Waals surface area contributed by atoms with E-state index < -0.39 is 0 Å². The van der Waals surface area contributed by atoms with Gasteiger partial charge in [0, 0.05) is 26.2 Å². The average molecular weight is 187 g/mol. The SMILES string of the molecule is COCCN1C[C@H](O)C[C@H]1C(C)C. The summed E-state index contributed by atoms with van der Waals surface area (Å²) in [6.45, 7) is 6.93. The van der Waals surface area contributed by atoms with E-state index in [1.807, 2.05) is 0 Å². The predicted molar refractivity (Wildman–Crippen MR) is 52.7 cm³/mol. The molecule has 13 heavy (non-hydrogen) atoms. The number of likely N-dealkylation sites (tertiary alicyclic amines) is 1. The fourth-order valence-electron chi connectivity index (χ4n) is 2.07. The molecule has 3 nitrogen and oxygen atoms in total. The third kappa shape index (κ3) is 2.93. The molecule has 0 unspecified atom stereocenters. The zero-order valence-electron chi connectivity index (χ0n) is 8.86. The van der Waals surface area contributed by atoms with Gasteiger partial charge < -0.3 is 9.84 Å². The lowest BCUT2D eigenvalue weighted by atomic mass is 10.0. The molecule has 0 radical (unpaired) electrons. The summed E-state index contributed by atoms with van der Waals surface area (Å²) in [7, 11) is 1.72. The van der Waals surface area contributed by atoms with Gasteiger partial charge >= 0.3 is 0 Å². The van der Waals surface area contributed by atoms with Crippen LogP contribution in [0.4, 0.5) is 0 Å². The van der Waals surface area contributed by atoms with Crippen molar-refractivity contribution in [3.8, 4) is 0 Å². The fraction of sp³-hybridized carbons (Fsp3) is 1.00. The van der Waals surface area contributed by atoms with E-state index in [4.69, 9.17) is 4.74 Å². The Morgan fingerprint density at radius 1 is 1.54 bits per heavy atom. The molecule has 0 aromatic carbocycles. The smallest absolute Gasteiger partial charge is 0.0682 e. The number of rotatable bonds is 4. The van der Waals surface area contributed by atoms with Crippen LogP contribution in [-0.4, -0.2) is 49.0 Å². The van der Waals surface area contributed by atoms with Crippen molar-refractivity contribution in [2.75, 3.05) is 26.8 Å². The van der Waals surface area contributed by atoms with Crippen LogP contribution in [0.2, 0.25) is 0 Å². The molecule has 1 N–H and O–H groups in total. The second kappa shape index (κ2) is 4.94. The summed E-state index contributed by atoms with van der Waals surface area (Å²) in [5.74, 6) is 0.619. The van der Waals surface area contributed by atoms with Gasteiger partial charge in [-0.25, -0.2) is 0 Å². The first-order valence-corrected chi connectivity index (χ1v) is 5.06. The van der Waals surface area contributed by atoms with E-state index in [1.54, 1.807) is 7.11 Å². The summed E-state index contributed by atoms with van der Waals surface area (Å²) in [4.78, 5) is 2.33. The Labute approximate surface area is 80.7 Å². The van der Waals surface area contributed by atoms with Crippen molar-refractivity contribution < 1.29 is 9.84 Å². The van der Waals surface area contributed by atoms with E-state index in [9.17, 15) is 5.11 Å². The van der Waals surface area contributed by atoms with Gasteiger partial charge in [-0.15, -0.1) is 0 Å². The van der Waals surface area contributed by atoms with Crippen molar-refractivity contribution in [1.29, 1.82) is 0 Å². The van der Waals surface area contributed by atoms with Gasteiger partial charge in [0.15, 0.2) is 0 Å². The lowest BCUT2D eigenvalue weighted by Crippen LogP contribution is -2.35. The lowest BCUT2D eigenvalue weighted by Gasteiger charge is -2.26. The van der Waals surface area contributed by atoms with E-state index in [-0.39, 0.29) is 6.10 Å². The van der Waals surface area contributed by atoms with Gasteiger partial charge in [0.1, 0.15) is 0 Å².